The van der Waals surface area contributed by atoms with Gasteiger partial charge in [-0.3, -0.25) is 14.2 Å². The second-order valence-corrected chi connectivity index (χ2v) is 11.7. The monoisotopic (exact) mass is 466 g/mol. The summed E-state index contributed by atoms with van der Waals surface area (Å²) in [7, 11) is -1.61. The number of amides is 1. The Morgan fingerprint density at radius 1 is 1.06 bits per heavy atom. The highest BCUT2D eigenvalue weighted by atomic mass is 32.2. The zero-order chi connectivity index (χ0) is 22.3. The van der Waals surface area contributed by atoms with Crippen molar-refractivity contribution in [3.8, 4) is 0 Å². The predicted octanol–water partition coefficient (Wildman–Crippen LogP) is 1.82. The molecule has 1 aromatic heterocycles. The number of sulfonamides is 1. The first-order chi connectivity index (χ1) is 14.7. The van der Waals surface area contributed by atoms with E-state index >= 15 is 0 Å². The summed E-state index contributed by atoms with van der Waals surface area (Å²) in [5, 5.41) is 0. The minimum absolute atomic E-state index is 0.0144. The summed E-state index contributed by atoms with van der Waals surface area (Å²) < 4.78 is 30.3. The lowest BCUT2D eigenvalue weighted by molar-refractivity contribution is -0.138. The number of piperazine rings is 1. The number of carbonyl (C=O) groups excluding carboxylic acids is 1. The highest BCUT2D eigenvalue weighted by molar-refractivity contribution is 7.89. The number of carbonyl (C=O) groups is 1. The van der Waals surface area contributed by atoms with Gasteiger partial charge in [-0.15, -0.1) is 0 Å². The largest absolute Gasteiger partial charge is 0.340 e. The molecule has 4 rings (SSSR count). The van der Waals surface area contributed by atoms with Crippen LogP contribution in [0, 0.1) is 5.92 Å². The van der Waals surface area contributed by atoms with Gasteiger partial charge in [0.05, 0.1) is 15.1 Å². The normalized spacial score (nSPS) is 20.1. The van der Waals surface area contributed by atoms with E-state index < -0.39 is 10.0 Å². The zero-order valence-electron chi connectivity index (χ0n) is 18.3. The number of rotatable bonds is 4. The molecule has 0 radical (unpaired) electrons. The lowest BCUT2D eigenvalue weighted by Crippen LogP contribution is -2.50. The number of thiazole rings is 1. The van der Waals surface area contributed by atoms with Crippen molar-refractivity contribution in [3.63, 3.8) is 0 Å². The van der Waals surface area contributed by atoms with E-state index in [4.69, 9.17) is 0 Å². The second-order valence-electron chi connectivity index (χ2n) is 8.77. The van der Waals surface area contributed by atoms with E-state index in [2.05, 4.69) is 11.9 Å². The quantitative estimate of drug-likeness (QED) is 0.686. The van der Waals surface area contributed by atoms with E-state index in [-0.39, 0.29) is 27.6 Å². The Bertz CT molecular complexity index is 1120. The van der Waals surface area contributed by atoms with Gasteiger partial charge in [0.2, 0.25) is 15.9 Å². The van der Waals surface area contributed by atoms with Crippen LogP contribution in [0.3, 0.4) is 0 Å². The molecule has 2 saturated heterocycles. The molecule has 1 aromatic carbocycles. The number of aromatic nitrogens is 1. The SMILES string of the molecule is CC(C)n1c(=O)sc2cc(S(=O)(=O)N3CCC(C(=O)N4CCN(C)CC4)CC3)ccc21. The van der Waals surface area contributed by atoms with Crippen molar-refractivity contribution in [1.82, 2.24) is 18.7 Å². The first-order valence-corrected chi connectivity index (χ1v) is 13.1. The minimum atomic E-state index is -3.66. The molecule has 0 aliphatic carbocycles. The summed E-state index contributed by atoms with van der Waals surface area (Å²) in [5.41, 5.74) is 0.764. The smallest absolute Gasteiger partial charge is 0.308 e. The summed E-state index contributed by atoms with van der Waals surface area (Å²) in [6.45, 7) is 7.80. The first-order valence-electron chi connectivity index (χ1n) is 10.8. The second kappa shape index (κ2) is 8.65. The molecule has 2 aliphatic rings. The zero-order valence-corrected chi connectivity index (χ0v) is 19.9. The molecule has 0 N–H and O–H groups in total. The molecule has 0 saturated carbocycles. The molecule has 0 unspecified atom stereocenters. The molecular formula is C21H30N4O4S2. The van der Waals surface area contributed by atoms with Crippen LogP contribution in [0.25, 0.3) is 10.2 Å². The van der Waals surface area contributed by atoms with Crippen molar-refractivity contribution >= 4 is 37.5 Å². The Kier molecular flexibility index (Phi) is 6.26. The van der Waals surface area contributed by atoms with Crippen LogP contribution in [0.5, 0.6) is 0 Å². The van der Waals surface area contributed by atoms with E-state index in [0.29, 0.717) is 30.6 Å². The van der Waals surface area contributed by atoms with E-state index in [0.717, 1.165) is 43.0 Å². The maximum Gasteiger partial charge on any atom is 0.308 e. The number of likely N-dealkylation sites (N-methyl/N-ethyl adjacent to an activating group) is 1. The third kappa shape index (κ3) is 4.30. The predicted molar refractivity (Wildman–Crippen MR) is 122 cm³/mol. The molecule has 10 heteroatoms. The van der Waals surface area contributed by atoms with E-state index in [1.54, 1.807) is 22.8 Å². The third-order valence-electron chi connectivity index (χ3n) is 6.36. The molecule has 8 nitrogen and oxygen atoms in total. The van der Waals surface area contributed by atoms with Crippen LogP contribution in [-0.2, 0) is 14.8 Å². The van der Waals surface area contributed by atoms with Crippen LogP contribution >= 0.6 is 11.3 Å². The maximum atomic E-state index is 13.2. The Balaban J connectivity index is 1.47. The van der Waals surface area contributed by atoms with Gasteiger partial charge in [0.25, 0.3) is 0 Å². The molecule has 2 aromatic rings. The molecule has 0 bridgehead atoms. The van der Waals surface area contributed by atoms with Crippen LogP contribution < -0.4 is 4.87 Å². The van der Waals surface area contributed by atoms with Crippen molar-refractivity contribution in [2.45, 2.75) is 37.6 Å². The standard InChI is InChI=1S/C21H30N4O4S2/c1-15(2)25-18-5-4-17(14-19(18)30-21(25)27)31(28,29)24-8-6-16(7-9-24)20(26)23-12-10-22(3)11-13-23/h4-5,14-16H,6-13H2,1-3H3. The molecule has 3 heterocycles. The van der Waals surface area contributed by atoms with Gasteiger partial charge in [-0.1, -0.05) is 11.3 Å². The van der Waals surface area contributed by atoms with Crippen molar-refractivity contribution in [2.24, 2.45) is 5.92 Å². The molecule has 170 valence electrons. The average Bonchev–Trinajstić information content (AvgIpc) is 3.09. The van der Waals surface area contributed by atoms with Crippen molar-refractivity contribution < 1.29 is 13.2 Å². The third-order valence-corrected chi connectivity index (χ3v) is 9.17. The highest BCUT2D eigenvalue weighted by Crippen LogP contribution is 2.29. The number of benzene rings is 1. The van der Waals surface area contributed by atoms with Gasteiger partial charge in [-0.05, 0) is 51.9 Å². The molecular weight excluding hydrogens is 436 g/mol. The van der Waals surface area contributed by atoms with Gasteiger partial charge in [0.15, 0.2) is 0 Å². The molecule has 31 heavy (non-hydrogen) atoms. The Hall–Kier alpha value is -1.75. The molecule has 2 aliphatic heterocycles. The Labute approximate surface area is 187 Å². The highest BCUT2D eigenvalue weighted by Gasteiger charge is 2.34. The van der Waals surface area contributed by atoms with Crippen LogP contribution in [0.4, 0.5) is 0 Å². The lowest BCUT2D eigenvalue weighted by Gasteiger charge is -2.37. The summed E-state index contributed by atoms with van der Waals surface area (Å²) in [6.07, 6.45) is 1.09. The topological polar surface area (TPSA) is 82.9 Å². The van der Waals surface area contributed by atoms with E-state index in [1.165, 1.54) is 4.31 Å². The van der Waals surface area contributed by atoms with E-state index in [1.807, 2.05) is 18.7 Å². The van der Waals surface area contributed by atoms with Gasteiger partial charge in [-0.25, -0.2) is 8.42 Å². The molecule has 2 fully saturated rings. The van der Waals surface area contributed by atoms with Gasteiger partial charge in [0.1, 0.15) is 0 Å². The Morgan fingerprint density at radius 3 is 2.32 bits per heavy atom. The fourth-order valence-corrected chi connectivity index (χ4v) is 7.07. The van der Waals surface area contributed by atoms with Crippen molar-refractivity contribution in [2.75, 3.05) is 46.3 Å². The molecule has 1 amide bonds. The van der Waals surface area contributed by atoms with Crippen LogP contribution in [-0.4, -0.2) is 79.3 Å². The first kappa shape index (κ1) is 22.4. The van der Waals surface area contributed by atoms with Crippen LogP contribution in [0.2, 0.25) is 0 Å². The lowest BCUT2D eigenvalue weighted by atomic mass is 9.96. The summed E-state index contributed by atoms with van der Waals surface area (Å²) in [4.78, 5) is 29.4. The van der Waals surface area contributed by atoms with Gasteiger partial charge >= 0.3 is 4.87 Å². The summed E-state index contributed by atoms with van der Waals surface area (Å²) in [5.74, 6) is 0.0500. The van der Waals surface area contributed by atoms with Crippen molar-refractivity contribution in [3.05, 3.63) is 27.9 Å². The molecule has 0 atom stereocenters. The van der Waals surface area contributed by atoms with Crippen LogP contribution in [0.1, 0.15) is 32.7 Å². The van der Waals surface area contributed by atoms with Crippen molar-refractivity contribution in [1.29, 1.82) is 0 Å². The number of hydrogen-bond acceptors (Lipinski definition) is 6. The minimum Gasteiger partial charge on any atom is -0.340 e. The fraction of sp³-hybridized carbons (Fsp3) is 0.619. The number of nitrogens with zero attached hydrogens (tertiary/aromatic N) is 4. The molecule has 0 spiro atoms. The summed E-state index contributed by atoms with van der Waals surface area (Å²) in [6, 6.07) is 4.94. The average molecular weight is 467 g/mol. The van der Waals surface area contributed by atoms with Crippen LogP contribution in [0.15, 0.2) is 27.9 Å². The van der Waals surface area contributed by atoms with Gasteiger partial charge < -0.3 is 9.80 Å². The Morgan fingerprint density at radius 2 is 1.71 bits per heavy atom. The number of piperidine rings is 1. The van der Waals surface area contributed by atoms with Gasteiger partial charge in [0, 0.05) is 51.2 Å². The maximum absolute atomic E-state index is 13.2. The number of hydrogen-bond donors (Lipinski definition) is 0. The fourth-order valence-electron chi connectivity index (χ4n) is 4.44. The number of fused-ring (bicyclic) bond motifs is 1. The van der Waals surface area contributed by atoms with Gasteiger partial charge in [-0.2, -0.15) is 4.31 Å². The summed E-state index contributed by atoms with van der Waals surface area (Å²) >= 11 is 1.08. The van der Waals surface area contributed by atoms with E-state index in [9.17, 15) is 18.0 Å².